The van der Waals surface area contributed by atoms with E-state index in [4.69, 9.17) is 4.74 Å². The van der Waals surface area contributed by atoms with E-state index < -0.39 is 0 Å². The van der Waals surface area contributed by atoms with Crippen molar-refractivity contribution in [1.29, 1.82) is 0 Å². The van der Waals surface area contributed by atoms with Crippen LogP contribution in [0.25, 0.3) is 22.2 Å². The normalized spacial score (nSPS) is 13.4. The Kier molecular flexibility index (Phi) is 6.87. The first-order chi connectivity index (χ1) is 17.2. The van der Waals surface area contributed by atoms with Gasteiger partial charge in [0.1, 0.15) is 12.1 Å². The van der Waals surface area contributed by atoms with Crippen molar-refractivity contribution in [3.05, 3.63) is 77.5 Å². The lowest BCUT2D eigenvalue weighted by Gasteiger charge is -2.17. The van der Waals surface area contributed by atoms with Gasteiger partial charge in [-0.1, -0.05) is 18.2 Å². The van der Waals surface area contributed by atoms with Crippen LogP contribution in [0.5, 0.6) is 0 Å². The molecule has 1 aromatic carbocycles. The maximum atomic E-state index is 12.3. The number of para-hydroxylation sites is 1. The molecule has 35 heavy (non-hydrogen) atoms. The van der Waals surface area contributed by atoms with E-state index in [9.17, 15) is 4.79 Å². The summed E-state index contributed by atoms with van der Waals surface area (Å²) in [5, 5.41) is 7.32. The Morgan fingerprint density at radius 2 is 2.06 bits per heavy atom. The predicted molar refractivity (Wildman–Crippen MR) is 138 cm³/mol. The molecular weight excluding hydrogens is 460 g/mol. The van der Waals surface area contributed by atoms with E-state index >= 15 is 0 Å². The molecule has 4 heterocycles. The first-order valence-electron chi connectivity index (χ1n) is 11.4. The number of carbonyl (C=O) groups excluding carboxylic acids is 1. The van der Waals surface area contributed by atoms with E-state index in [1.807, 2.05) is 24.4 Å². The lowest BCUT2D eigenvalue weighted by atomic mass is 10.0. The minimum atomic E-state index is -0.108. The number of amides is 1. The van der Waals surface area contributed by atoms with Crippen molar-refractivity contribution >= 4 is 34.4 Å². The lowest BCUT2D eigenvalue weighted by Crippen LogP contribution is -2.20. The SMILES string of the molecule is CNC(=O)c1ccnc2c(CC(CNc3cc(-c4cnc5c(c4)COC5)ncn3)SC)cccc12. The highest BCUT2D eigenvalue weighted by molar-refractivity contribution is 7.99. The molecule has 3 aromatic heterocycles. The second-order valence-corrected chi connectivity index (χ2v) is 9.44. The highest BCUT2D eigenvalue weighted by atomic mass is 32.2. The molecule has 178 valence electrons. The molecule has 4 aromatic rings. The van der Waals surface area contributed by atoms with Gasteiger partial charge in [0, 0.05) is 53.8 Å². The largest absolute Gasteiger partial charge is 0.370 e. The molecule has 0 radical (unpaired) electrons. The van der Waals surface area contributed by atoms with Gasteiger partial charge in [0.05, 0.1) is 35.7 Å². The molecule has 9 heteroatoms. The number of aromatic nitrogens is 4. The predicted octanol–water partition coefficient (Wildman–Crippen LogP) is 3.86. The second-order valence-electron chi connectivity index (χ2n) is 8.30. The van der Waals surface area contributed by atoms with Crippen LogP contribution in [0.1, 0.15) is 27.2 Å². The Labute approximate surface area is 208 Å². The molecule has 1 aliphatic heterocycles. The highest BCUT2D eigenvalue weighted by Crippen LogP contribution is 2.26. The van der Waals surface area contributed by atoms with Crippen LogP contribution in [-0.2, 0) is 24.4 Å². The van der Waals surface area contributed by atoms with Gasteiger partial charge in [-0.05, 0) is 30.4 Å². The number of nitrogens with one attached hydrogen (secondary N) is 2. The minimum absolute atomic E-state index is 0.108. The lowest BCUT2D eigenvalue weighted by molar-refractivity contribution is 0.0964. The third-order valence-corrected chi connectivity index (χ3v) is 7.14. The third-order valence-electron chi connectivity index (χ3n) is 6.14. The average molecular weight is 487 g/mol. The van der Waals surface area contributed by atoms with Crippen LogP contribution in [0.4, 0.5) is 5.82 Å². The fourth-order valence-corrected chi connectivity index (χ4v) is 4.84. The highest BCUT2D eigenvalue weighted by Gasteiger charge is 2.16. The van der Waals surface area contributed by atoms with Gasteiger partial charge in [-0.15, -0.1) is 0 Å². The van der Waals surface area contributed by atoms with E-state index in [0.717, 1.165) is 57.8 Å². The summed E-state index contributed by atoms with van der Waals surface area (Å²) in [6, 6.07) is 11.8. The molecule has 0 saturated heterocycles. The Morgan fingerprint density at radius 3 is 2.91 bits per heavy atom. The quantitative estimate of drug-likeness (QED) is 0.387. The van der Waals surface area contributed by atoms with Crippen molar-refractivity contribution in [2.24, 2.45) is 0 Å². The summed E-state index contributed by atoms with van der Waals surface area (Å²) in [5.41, 5.74) is 6.50. The fraction of sp³-hybridized carbons (Fsp3) is 0.269. The van der Waals surface area contributed by atoms with E-state index in [-0.39, 0.29) is 11.2 Å². The average Bonchev–Trinajstić information content (AvgIpc) is 3.38. The summed E-state index contributed by atoms with van der Waals surface area (Å²) >= 11 is 1.78. The van der Waals surface area contributed by atoms with E-state index in [1.54, 1.807) is 37.4 Å². The van der Waals surface area contributed by atoms with Crippen molar-refractivity contribution < 1.29 is 9.53 Å². The molecule has 8 nitrogen and oxygen atoms in total. The van der Waals surface area contributed by atoms with E-state index in [1.165, 1.54) is 0 Å². The number of hydrogen-bond acceptors (Lipinski definition) is 8. The number of rotatable bonds is 8. The standard InChI is InChI=1S/C26H26N6O2S/c1-27-26(33)21-6-7-28-25-16(4-3-5-20(21)25)9-19(35-2)12-30-24-10-22(31-15-32-24)17-8-18-13-34-14-23(18)29-11-17/h3-8,10-11,15,19H,9,12-14H2,1-2H3,(H,27,33)(H,30,31,32). The number of carbonyl (C=O) groups is 1. The van der Waals surface area contributed by atoms with Gasteiger partial charge in [-0.25, -0.2) is 9.97 Å². The summed E-state index contributed by atoms with van der Waals surface area (Å²) in [4.78, 5) is 30.2. The zero-order chi connectivity index (χ0) is 24.2. The van der Waals surface area contributed by atoms with Crippen LogP contribution in [0.2, 0.25) is 0 Å². The van der Waals surface area contributed by atoms with Crippen LogP contribution in [0, 0.1) is 0 Å². The number of benzene rings is 1. The zero-order valence-corrected chi connectivity index (χ0v) is 20.4. The first-order valence-corrected chi connectivity index (χ1v) is 12.7. The second kappa shape index (κ2) is 10.4. The van der Waals surface area contributed by atoms with Gasteiger partial charge >= 0.3 is 0 Å². The fourth-order valence-electron chi connectivity index (χ4n) is 4.24. The topological polar surface area (TPSA) is 102 Å². The van der Waals surface area contributed by atoms with Gasteiger partial charge in [0.25, 0.3) is 5.91 Å². The van der Waals surface area contributed by atoms with Crippen LogP contribution < -0.4 is 10.6 Å². The molecule has 0 fully saturated rings. The Bertz CT molecular complexity index is 1380. The summed E-state index contributed by atoms with van der Waals surface area (Å²) in [6.45, 7) is 1.89. The van der Waals surface area contributed by atoms with Crippen LogP contribution in [0.15, 0.2) is 55.1 Å². The van der Waals surface area contributed by atoms with Crippen LogP contribution in [-0.4, -0.2) is 50.9 Å². The maximum absolute atomic E-state index is 12.3. The maximum Gasteiger partial charge on any atom is 0.251 e. The minimum Gasteiger partial charge on any atom is -0.370 e. The third kappa shape index (κ3) is 4.96. The van der Waals surface area contributed by atoms with Gasteiger partial charge in [0.15, 0.2) is 0 Å². The molecule has 0 saturated carbocycles. The van der Waals surface area contributed by atoms with Gasteiger partial charge in [-0.2, -0.15) is 11.8 Å². The number of nitrogens with zero attached hydrogens (tertiary/aromatic N) is 4. The van der Waals surface area contributed by atoms with Crippen molar-refractivity contribution in [2.45, 2.75) is 24.9 Å². The van der Waals surface area contributed by atoms with Crippen molar-refractivity contribution in [1.82, 2.24) is 25.3 Å². The first kappa shape index (κ1) is 23.2. The zero-order valence-electron chi connectivity index (χ0n) is 19.6. The Balaban J connectivity index is 1.31. The van der Waals surface area contributed by atoms with Crippen LogP contribution >= 0.6 is 11.8 Å². The summed E-state index contributed by atoms with van der Waals surface area (Å²) in [7, 11) is 1.64. The number of anilines is 1. The number of thioether (sulfide) groups is 1. The summed E-state index contributed by atoms with van der Waals surface area (Å²) in [6.07, 6.45) is 8.02. The molecule has 5 rings (SSSR count). The molecule has 1 aliphatic rings. The van der Waals surface area contributed by atoms with Gasteiger partial charge in [0.2, 0.25) is 0 Å². The van der Waals surface area contributed by atoms with E-state index in [2.05, 4.69) is 49.0 Å². The Morgan fingerprint density at radius 1 is 1.14 bits per heavy atom. The smallest absolute Gasteiger partial charge is 0.251 e. The number of fused-ring (bicyclic) bond motifs is 2. The molecule has 0 spiro atoms. The van der Waals surface area contributed by atoms with Gasteiger partial charge in [-0.3, -0.25) is 14.8 Å². The Hall–Kier alpha value is -3.56. The number of pyridine rings is 2. The van der Waals surface area contributed by atoms with Crippen LogP contribution in [0.3, 0.4) is 0 Å². The number of ether oxygens (including phenoxy) is 1. The molecule has 0 bridgehead atoms. The molecule has 0 aliphatic carbocycles. The molecule has 1 unspecified atom stereocenters. The summed E-state index contributed by atoms with van der Waals surface area (Å²) < 4.78 is 5.47. The molecule has 2 N–H and O–H groups in total. The van der Waals surface area contributed by atoms with E-state index in [0.29, 0.717) is 18.8 Å². The van der Waals surface area contributed by atoms with Gasteiger partial charge < -0.3 is 15.4 Å². The molecular formula is C26H26N6O2S. The molecule has 1 atom stereocenters. The van der Waals surface area contributed by atoms with Crippen molar-refractivity contribution in [3.63, 3.8) is 0 Å². The monoisotopic (exact) mass is 486 g/mol. The number of hydrogen-bond donors (Lipinski definition) is 2. The molecule has 1 amide bonds. The van der Waals surface area contributed by atoms with Crippen molar-refractivity contribution in [2.75, 3.05) is 25.2 Å². The van der Waals surface area contributed by atoms with Crippen molar-refractivity contribution in [3.8, 4) is 11.3 Å². The summed E-state index contributed by atoms with van der Waals surface area (Å²) in [5.74, 6) is 0.659.